The third kappa shape index (κ3) is 20.8. The normalized spacial score (nSPS) is 17.2. The van der Waals surface area contributed by atoms with Crippen molar-refractivity contribution in [1.29, 1.82) is 0 Å². The largest absolute Gasteiger partial charge is 0.382 e. The van der Waals surface area contributed by atoms with Gasteiger partial charge in [-0.05, 0) is 177 Å². The van der Waals surface area contributed by atoms with E-state index in [1.165, 1.54) is 36.4 Å². The predicted octanol–water partition coefficient (Wildman–Crippen LogP) is 7.79. The van der Waals surface area contributed by atoms with Crippen LogP contribution in [0.2, 0.25) is 0 Å². The van der Waals surface area contributed by atoms with E-state index >= 15 is 0 Å². The zero-order valence-corrected chi connectivity index (χ0v) is 65.9. The predicted molar refractivity (Wildman–Crippen MR) is 423 cm³/mol. The molecule has 0 aliphatic carbocycles. The average Bonchev–Trinajstić information content (AvgIpc) is 0.791. The molecule has 0 saturated carbocycles. The third-order valence-corrected chi connectivity index (χ3v) is 22.6. The van der Waals surface area contributed by atoms with Crippen molar-refractivity contribution in [2.45, 2.75) is 108 Å². The van der Waals surface area contributed by atoms with Crippen LogP contribution in [0.25, 0.3) is 0 Å². The highest BCUT2D eigenvalue weighted by Gasteiger charge is 2.44. The zero-order chi connectivity index (χ0) is 80.2. The van der Waals surface area contributed by atoms with Gasteiger partial charge in [0.15, 0.2) is 17.3 Å². The summed E-state index contributed by atoms with van der Waals surface area (Å²) in [6, 6.07) is 41.5. The van der Waals surface area contributed by atoms with Crippen LogP contribution < -0.4 is 14.7 Å². The van der Waals surface area contributed by atoms with Crippen molar-refractivity contribution in [3.63, 3.8) is 0 Å². The van der Waals surface area contributed by atoms with Crippen LogP contribution >= 0.6 is 0 Å². The molecule has 6 atom stereocenters. The highest BCUT2D eigenvalue weighted by Crippen LogP contribution is 2.34. The van der Waals surface area contributed by atoms with Crippen molar-refractivity contribution in [2.75, 3.05) is 176 Å². The number of ketones is 9. The van der Waals surface area contributed by atoms with Gasteiger partial charge < -0.3 is 58.4 Å². The topological polar surface area (TPSA) is 289 Å². The average molecular weight is 1530 g/mol. The molecule has 6 aromatic rings. The Morgan fingerprint density at radius 1 is 0.342 bits per heavy atom. The second kappa shape index (κ2) is 39.6. The summed E-state index contributed by atoms with van der Waals surface area (Å²) >= 11 is 0. The lowest BCUT2D eigenvalue weighted by Gasteiger charge is -2.38. The summed E-state index contributed by atoms with van der Waals surface area (Å²) < 4.78 is 34.4. The number of nitrogens with zero attached hydrogens (tertiary/aromatic N) is 6. The van der Waals surface area contributed by atoms with Gasteiger partial charge in [-0.2, -0.15) is 0 Å². The molecule has 111 heavy (non-hydrogen) atoms. The Morgan fingerprint density at radius 2 is 0.559 bits per heavy atom. The van der Waals surface area contributed by atoms with E-state index in [4.69, 9.17) is 28.4 Å². The molecule has 3 heterocycles. The van der Waals surface area contributed by atoms with Crippen LogP contribution in [0.1, 0.15) is 132 Å². The van der Waals surface area contributed by atoms with Crippen LogP contribution in [0.4, 0.5) is 17.1 Å². The number of ether oxygens (including phenoxy) is 6. The summed E-state index contributed by atoms with van der Waals surface area (Å²) in [5, 5.41) is 33.8. The van der Waals surface area contributed by atoms with E-state index < -0.39 is 94.9 Å². The monoisotopic (exact) mass is 1530 g/mol. The highest BCUT2D eigenvalue weighted by atomic mass is 16.5. The molecule has 9 rings (SSSR count). The number of aliphatic hydroxyl groups excluding tert-OH is 3. The summed E-state index contributed by atoms with van der Waals surface area (Å²) in [4.78, 5) is 138. The van der Waals surface area contributed by atoms with Gasteiger partial charge >= 0.3 is 0 Å². The van der Waals surface area contributed by atoms with Crippen molar-refractivity contribution >= 4 is 69.1 Å². The smallest absolute Gasteiger partial charge is 0.234 e. The minimum Gasteiger partial charge on any atom is -0.382 e. The number of morpholine rings is 3. The summed E-state index contributed by atoms with van der Waals surface area (Å²) in [5.41, 5.74) is 2.59. The molecule has 3 N–H and O–H groups in total. The van der Waals surface area contributed by atoms with Gasteiger partial charge in [0.25, 0.3) is 0 Å². The maximum Gasteiger partial charge on any atom is 0.234 e. The quantitative estimate of drug-likeness (QED) is 0.0243. The van der Waals surface area contributed by atoms with Crippen molar-refractivity contribution in [3.05, 3.63) is 196 Å². The third-order valence-electron chi connectivity index (χ3n) is 22.6. The van der Waals surface area contributed by atoms with Gasteiger partial charge in [0.05, 0.1) is 95.9 Å². The molecule has 6 aromatic carbocycles. The molecule has 0 spiro atoms. The molecular weight excluding hydrogens is 1420 g/mol. The van der Waals surface area contributed by atoms with Crippen LogP contribution in [0, 0.1) is 5.41 Å². The van der Waals surface area contributed by atoms with E-state index in [1.807, 2.05) is 151 Å². The van der Waals surface area contributed by atoms with Gasteiger partial charge in [-0.15, -0.1) is 0 Å². The number of carbonyl (C=O) groups is 9. The number of anilines is 3. The Kier molecular flexibility index (Phi) is 30.8. The molecule has 3 aliphatic rings. The lowest BCUT2D eigenvalue weighted by molar-refractivity contribution is -0.134. The number of carbonyl (C=O) groups excluding carboxylic acids is 9. The summed E-state index contributed by atoms with van der Waals surface area (Å²) in [7, 11) is 11.1. The number of benzene rings is 6. The first-order valence-corrected chi connectivity index (χ1v) is 38.4. The fourth-order valence-electron chi connectivity index (χ4n) is 14.9. The van der Waals surface area contributed by atoms with E-state index in [2.05, 4.69) is 14.7 Å². The van der Waals surface area contributed by atoms with E-state index in [-0.39, 0.29) is 79.5 Å². The number of Topliss-reactive ketones (excluding diaryl/α,β-unsaturated/α-hetero) is 9. The van der Waals surface area contributed by atoms with Crippen molar-refractivity contribution < 1.29 is 86.9 Å². The second-order valence-electron chi connectivity index (χ2n) is 29.9. The van der Waals surface area contributed by atoms with E-state index in [1.54, 1.807) is 43.3 Å². The van der Waals surface area contributed by atoms with Gasteiger partial charge in [0.1, 0.15) is 18.3 Å². The SMILES string of the molecule is CCC(COCC(O)C(=O)C(=O)c1ccc(CC(CC)(C(=O)c2ccc(N3CCOCC3)cc2)N(C)C)cc1)(COCC(O)C(=O)C(=O)c1ccc(CC(CC)(C(=O)c2ccc(N3CCOCC3)cc2)N(C)C)cc1)COCC(O)C(=O)C(=O)c1ccc(CC(CC)(C(=O)c2ccc(N3CCOCC3)cc2)N(C)C)cc1. The van der Waals surface area contributed by atoms with Gasteiger partial charge in [0.2, 0.25) is 34.7 Å². The molecule has 24 heteroatoms. The molecule has 24 nitrogen and oxygen atoms in total. The Balaban J connectivity index is 0.837. The van der Waals surface area contributed by atoms with Crippen LogP contribution in [0.3, 0.4) is 0 Å². The minimum absolute atomic E-state index is 0.0144. The lowest BCUT2D eigenvalue weighted by atomic mass is 9.80. The first-order chi connectivity index (χ1) is 53.2. The molecule has 6 unspecified atom stereocenters. The summed E-state index contributed by atoms with van der Waals surface area (Å²) in [6.07, 6.45) is -3.55. The van der Waals surface area contributed by atoms with Crippen molar-refractivity contribution in [3.8, 4) is 0 Å². The first-order valence-electron chi connectivity index (χ1n) is 38.4. The maximum atomic E-state index is 14.4. The van der Waals surface area contributed by atoms with Crippen LogP contribution in [-0.2, 0) is 62.1 Å². The van der Waals surface area contributed by atoms with Crippen LogP contribution in [0.5, 0.6) is 0 Å². The highest BCUT2D eigenvalue weighted by molar-refractivity contribution is 6.46. The maximum absolute atomic E-state index is 14.4. The van der Waals surface area contributed by atoms with Gasteiger partial charge in [0, 0.05) is 95.1 Å². The Morgan fingerprint density at radius 3 is 0.757 bits per heavy atom. The molecule has 0 amide bonds. The second-order valence-corrected chi connectivity index (χ2v) is 29.9. The van der Waals surface area contributed by atoms with Gasteiger partial charge in [-0.1, -0.05) is 100 Å². The molecule has 0 aromatic heterocycles. The summed E-state index contributed by atoms with van der Waals surface area (Å²) in [5.74, 6) is -6.76. The molecule has 0 bridgehead atoms. The molecular formula is C87H110N6O18. The Labute approximate surface area is 651 Å². The standard InChI is InChI=1S/C87H110N6O18/c1-11-84(57-109-54-72(94)78(100)75(97)63-21-15-60(16-22-63)51-85(12-2,88(5)6)81(103)66-27-33-69(34-28-66)91-39-45-106-46-40-91,58-110-55-73(95)79(101)76(98)64-23-17-61(18-24-64)52-86(13-3,89(7)8)82(104)67-29-35-70(36-30-67)92-41-47-107-48-42-92)59-111-56-74(96)80(102)77(99)65-25-19-62(20-26-65)53-87(14-4,90(9)10)83(105)68-31-37-71(38-32-68)93-43-49-108-50-44-93/h15-38,72-74,94-96H,11-14,39-59H2,1-10H3. The Hall–Kier alpha value is -8.73. The molecule has 3 fully saturated rings. The zero-order valence-electron chi connectivity index (χ0n) is 65.9. The van der Waals surface area contributed by atoms with Gasteiger partial charge in [-0.3, -0.25) is 57.9 Å². The van der Waals surface area contributed by atoms with Crippen molar-refractivity contribution in [2.24, 2.45) is 5.41 Å². The first kappa shape index (κ1) is 86.3. The van der Waals surface area contributed by atoms with Crippen molar-refractivity contribution in [1.82, 2.24) is 14.7 Å². The van der Waals surface area contributed by atoms with E-state index in [0.717, 1.165) is 73.0 Å². The fourth-order valence-corrected chi connectivity index (χ4v) is 14.9. The number of hydrogen-bond acceptors (Lipinski definition) is 24. The molecule has 0 radical (unpaired) electrons. The number of rotatable bonds is 43. The minimum atomic E-state index is -1.97. The van der Waals surface area contributed by atoms with E-state index in [9.17, 15) is 58.5 Å². The van der Waals surface area contributed by atoms with E-state index in [0.29, 0.717) is 75.6 Å². The lowest BCUT2D eigenvalue weighted by Crippen LogP contribution is -2.52. The number of likely N-dealkylation sites (N-methyl/N-ethyl adjacent to an activating group) is 3. The van der Waals surface area contributed by atoms with Crippen LogP contribution in [-0.4, -0.2) is 278 Å². The van der Waals surface area contributed by atoms with Crippen LogP contribution in [0.15, 0.2) is 146 Å². The van der Waals surface area contributed by atoms with Gasteiger partial charge in [-0.25, -0.2) is 0 Å². The summed E-state index contributed by atoms with van der Waals surface area (Å²) in [6.45, 7) is 12.6. The number of hydrogen-bond donors (Lipinski definition) is 3. The Bertz CT molecular complexity index is 3720. The fraction of sp³-hybridized carbons (Fsp3) is 0.483. The number of aliphatic hydroxyl groups is 3. The molecule has 3 aliphatic heterocycles. The molecule has 3 saturated heterocycles. The molecule has 596 valence electrons.